The Morgan fingerprint density at radius 3 is 2.65 bits per heavy atom. The fraction of sp³-hybridized carbons (Fsp3) is 0.389. The van der Waals surface area contributed by atoms with Gasteiger partial charge in [0, 0.05) is 5.56 Å². The highest BCUT2D eigenvalue weighted by molar-refractivity contribution is 6.17. The molecule has 0 saturated heterocycles. The summed E-state index contributed by atoms with van der Waals surface area (Å²) in [5.74, 6) is 1.83. The number of hydrogen-bond donors (Lipinski definition) is 1. The van der Waals surface area contributed by atoms with Crippen molar-refractivity contribution < 1.29 is 13.9 Å². The molecule has 0 atom stereocenters. The Balaban J connectivity index is 1.75. The number of amides is 1. The van der Waals surface area contributed by atoms with Crippen LogP contribution in [0.25, 0.3) is 0 Å². The summed E-state index contributed by atoms with van der Waals surface area (Å²) < 4.78 is 11.0. The van der Waals surface area contributed by atoms with Crippen molar-refractivity contribution in [1.29, 1.82) is 0 Å². The van der Waals surface area contributed by atoms with Gasteiger partial charge in [-0.25, -0.2) is 0 Å². The number of alkyl halides is 1. The molecule has 1 N–H and O–H groups in total. The number of furan rings is 1. The molecule has 0 aliphatic heterocycles. The van der Waals surface area contributed by atoms with Crippen LogP contribution in [0.5, 0.6) is 5.75 Å². The molecule has 2 rings (SSSR count). The topological polar surface area (TPSA) is 51.5 Å². The molecule has 0 fully saturated rings. The zero-order chi connectivity index (χ0) is 16.7. The Bertz CT molecular complexity index is 634. The highest BCUT2D eigenvalue weighted by Crippen LogP contribution is 2.16. The Labute approximate surface area is 141 Å². The van der Waals surface area contributed by atoms with Crippen molar-refractivity contribution in [2.75, 3.05) is 13.2 Å². The van der Waals surface area contributed by atoms with Gasteiger partial charge < -0.3 is 14.5 Å². The van der Waals surface area contributed by atoms with E-state index in [1.807, 2.05) is 12.1 Å². The second-order valence-electron chi connectivity index (χ2n) is 5.32. The minimum absolute atomic E-state index is 0.258. The first-order chi connectivity index (χ1) is 11.1. The minimum Gasteiger partial charge on any atom is -0.492 e. The molecule has 1 aromatic heterocycles. The van der Waals surface area contributed by atoms with Crippen molar-refractivity contribution >= 4 is 17.5 Å². The van der Waals surface area contributed by atoms with Crippen LogP contribution in [-0.4, -0.2) is 19.1 Å². The van der Waals surface area contributed by atoms with E-state index in [0.717, 1.165) is 24.2 Å². The van der Waals surface area contributed by atoms with Crippen LogP contribution in [0.4, 0.5) is 0 Å². The van der Waals surface area contributed by atoms with Crippen molar-refractivity contribution in [3.63, 3.8) is 0 Å². The minimum atomic E-state index is -0.258. The third-order valence-electron chi connectivity index (χ3n) is 3.51. The molecule has 4 nitrogen and oxygen atoms in total. The summed E-state index contributed by atoms with van der Waals surface area (Å²) in [6.07, 6.45) is 2.20. The number of carbonyl (C=O) groups is 1. The maximum Gasteiger partial charge on any atom is 0.287 e. The second-order valence-corrected chi connectivity index (χ2v) is 5.59. The SMILES string of the molecule is CCCc1ccc(OCCNC(=O)c2cc(CCl)c(C)o2)cc1. The molecular weight excluding hydrogens is 314 g/mol. The Kier molecular flexibility index (Phi) is 6.53. The van der Waals surface area contributed by atoms with Crippen molar-refractivity contribution in [2.24, 2.45) is 0 Å². The van der Waals surface area contributed by atoms with E-state index >= 15 is 0 Å². The largest absolute Gasteiger partial charge is 0.492 e. The highest BCUT2D eigenvalue weighted by atomic mass is 35.5. The van der Waals surface area contributed by atoms with Crippen LogP contribution < -0.4 is 10.1 Å². The van der Waals surface area contributed by atoms with Gasteiger partial charge in [-0.1, -0.05) is 25.5 Å². The maximum absolute atomic E-state index is 12.0. The van der Waals surface area contributed by atoms with E-state index in [9.17, 15) is 4.79 Å². The number of aryl methyl sites for hydroxylation is 2. The average molecular weight is 336 g/mol. The first-order valence-corrected chi connectivity index (χ1v) is 8.32. The number of ether oxygens (including phenoxy) is 1. The Morgan fingerprint density at radius 2 is 2.04 bits per heavy atom. The third kappa shape index (κ3) is 5.03. The van der Waals surface area contributed by atoms with Crippen LogP contribution in [0.15, 0.2) is 34.7 Å². The van der Waals surface area contributed by atoms with Crippen LogP contribution in [-0.2, 0) is 12.3 Å². The molecule has 23 heavy (non-hydrogen) atoms. The molecule has 0 saturated carbocycles. The molecule has 0 bridgehead atoms. The van der Waals surface area contributed by atoms with E-state index < -0.39 is 0 Å². The molecule has 1 heterocycles. The molecular formula is C18H22ClNO3. The number of hydrogen-bond acceptors (Lipinski definition) is 3. The van der Waals surface area contributed by atoms with Gasteiger partial charge in [0.2, 0.25) is 0 Å². The predicted molar refractivity (Wildman–Crippen MR) is 91.3 cm³/mol. The monoisotopic (exact) mass is 335 g/mol. The van der Waals surface area contributed by atoms with Crippen molar-refractivity contribution in [2.45, 2.75) is 32.6 Å². The normalized spacial score (nSPS) is 10.6. The first kappa shape index (κ1) is 17.4. The van der Waals surface area contributed by atoms with Gasteiger partial charge in [0.25, 0.3) is 5.91 Å². The number of rotatable bonds is 8. The van der Waals surface area contributed by atoms with Crippen molar-refractivity contribution in [3.8, 4) is 5.75 Å². The van der Waals surface area contributed by atoms with Crippen molar-refractivity contribution in [3.05, 3.63) is 53.0 Å². The summed E-state index contributed by atoms with van der Waals surface area (Å²) in [5, 5.41) is 2.76. The van der Waals surface area contributed by atoms with E-state index in [1.54, 1.807) is 13.0 Å². The second kappa shape index (κ2) is 8.63. The zero-order valence-corrected chi connectivity index (χ0v) is 14.3. The predicted octanol–water partition coefficient (Wildman–Crippen LogP) is 4.09. The van der Waals surface area contributed by atoms with Gasteiger partial charge in [0.1, 0.15) is 18.1 Å². The van der Waals surface area contributed by atoms with E-state index in [-0.39, 0.29) is 11.7 Å². The molecule has 1 amide bonds. The van der Waals surface area contributed by atoms with Gasteiger partial charge in [-0.15, -0.1) is 11.6 Å². The standard InChI is InChI=1S/C18H22ClNO3/c1-3-4-14-5-7-16(8-6-14)22-10-9-20-18(21)17-11-15(12-19)13(2)23-17/h5-8,11H,3-4,9-10,12H2,1-2H3,(H,20,21). The fourth-order valence-corrected chi connectivity index (χ4v) is 2.49. The molecule has 0 spiro atoms. The Morgan fingerprint density at radius 1 is 1.30 bits per heavy atom. The first-order valence-electron chi connectivity index (χ1n) is 7.79. The number of halogens is 1. The molecule has 1 aromatic carbocycles. The maximum atomic E-state index is 12.0. The van der Waals surface area contributed by atoms with Gasteiger partial charge in [-0.3, -0.25) is 4.79 Å². The highest BCUT2D eigenvalue weighted by Gasteiger charge is 2.13. The lowest BCUT2D eigenvalue weighted by molar-refractivity contribution is 0.0918. The molecule has 0 radical (unpaired) electrons. The molecule has 0 unspecified atom stereocenters. The summed E-state index contributed by atoms with van der Waals surface area (Å²) in [6, 6.07) is 9.71. The fourth-order valence-electron chi connectivity index (χ4n) is 2.23. The van der Waals surface area contributed by atoms with Gasteiger partial charge >= 0.3 is 0 Å². The van der Waals surface area contributed by atoms with Crippen LogP contribution >= 0.6 is 11.6 Å². The van der Waals surface area contributed by atoms with E-state index in [1.165, 1.54) is 5.56 Å². The third-order valence-corrected chi connectivity index (χ3v) is 3.79. The van der Waals surface area contributed by atoms with Gasteiger partial charge in [-0.05, 0) is 37.1 Å². The number of carbonyl (C=O) groups excluding carboxylic acids is 1. The summed E-state index contributed by atoms with van der Waals surface area (Å²) in [4.78, 5) is 12.0. The van der Waals surface area contributed by atoms with Crippen LogP contribution in [0.3, 0.4) is 0 Å². The van der Waals surface area contributed by atoms with E-state index in [2.05, 4.69) is 24.4 Å². The van der Waals surface area contributed by atoms with E-state index in [4.69, 9.17) is 20.8 Å². The summed E-state index contributed by atoms with van der Waals surface area (Å²) in [7, 11) is 0. The van der Waals surface area contributed by atoms with Gasteiger partial charge in [0.05, 0.1) is 12.4 Å². The molecule has 5 heteroatoms. The summed E-state index contributed by atoms with van der Waals surface area (Å²) in [6.45, 7) is 4.76. The summed E-state index contributed by atoms with van der Waals surface area (Å²) in [5.41, 5.74) is 2.14. The van der Waals surface area contributed by atoms with Crippen LogP contribution in [0, 0.1) is 6.92 Å². The van der Waals surface area contributed by atoms with Crippen molar-refractivity contribution in [1.82, 2.24) is 5.32 Å². The lowest BCUT2D eigenvalue weighted by Crippen LogP contribution is -2.27. The molecule has 0 aliphatic rings. The van der Waals surface area contributed by atoms with Gasteiger partial charge in [0.15, 0.2) is 5.76 Å². The number of benzene rings is 1. The van der Waals surface area contributed by atoms with Crippen LogP contribution in [0.1, 0.15) is 40.8 Å². The van der Waals surface area contributed by atoms with Crippen LogP contribution in [0.2, 0.25) is 0 Å². The lowest BCUT2D eigenvalue weighted by Gasteiger charge is -2.07. The Hall–Kier alpha value is -1.94. The molecule has 0 aliphatic carbocycles. The number of nitrogens with one attached hydrogen (secondary N) is 1. The summed E-state index contributed by atoms with van der Waals surface area (Å²) >= 11 is 5.76. The molecule has 124 valence electrons. The smallest absolute Gasteiger partial charge is 0.287 e. The lowest BCUT2D eigenvalue weighted by atomic mass is 10.1. The zero-order valence-electron chi connectivity index (χ0n) is 13.5. The average Bonchev–Trinajstić information content (AvgIpc) is 2.94. The molecule has 2 aromatic rings. The van der Waals surface area contributed by atoms with E-state index in [0.29, 0.717) is 24.8 Å². The quantitative estimate of drug-likeness (QED) is 0.584. The van der Waals surface area contributed by atoms with Gasteiger partial charge in [-0.2, -0.15) is 0 Å².